The zero-order chi connectivity index (χ0) is 12.0. The summed E-state index contributed by atoms with van der Waals surface area (Å²) in [6, 6.07) is 7.24. The van der Waals surface area contributed by atoms with Gasteiger partial charge in [0.2, 0.25) is 0 Å². The van der Waals surface area contributed by atoms with Crippen LogP contribution in [-0.2, 0) is 4.74 Å². The number of amidine groups is 1. The molecule has 88 valence electrons. The van der Waals surface area contributed by atoms with Gasteiger partial charge in [0.05, 0.1) is 6.10 Å². The lowest BCUT2D eigenvalue weighted by Gasteiger charge is -2.14. The number of benzene rings is 1. The number of hydrogen-bond acceptors (Lipinski definition) is 3. The predicted molar refractivity (Wildman–Crippen MR) is 64.0 cm³/mol. The summed E-state index contributed by atoms with van der Waals surface area (Å²) < 4.78 is 10.7. The van der Waals surface area contributed by atoms with Crippen molar-refractivity contribution in [3.8, 4) is 5.75 Å². The van der Waals surface area contributed by atoms with Gasteiger partial charge in [-0.2, -0.15) is 0 Å². The fraction of sp³-hybridized carbons (Fsp3) is 0.417. The summed E-state index contributed by atoms with van der Waals surface area (Å²) in [5, 5.41) is 7.33. The second-order valence-corrected chi connectivity index (χ2v) is 3.65. The van der Waals surface area contributed by atoms with Crippen molar-refractivity contribution >= 4 is 5.84 Å². The van der Waals surface area contributed by atoms with Crippen LogP contribution in [0.3, 0.4) is 0 Å². The van der Waals surface area contributed by atoms with Gasteiger partial charge in [-0.1, -0.05) is 12.1 Å². The Morgan fingerprint density at radius 3 is 2.88 bits per heavy atom. The molecule has 0 saturated carbocycles. The van der Waals surface area contributed by atoms with Crippen LogP contribution in [-0.4, -0.2) is 25.7 Å². The molecule has 0 spiro atoms. The molecule has 1 rings (SSSR count). The fourth-order valence-electron chi connectivity index (χ4n) is 1.31. The normalized spacial score (nSPS) is 12.1. The van der Waals surface area contributed by atoms with Gasteiger partial charge in [0.1, 0.15) is 11.6 Å². The second-order valence-electron chi connectivity index (χ2n) is 3.65. The first-order valence-electron chi connectivity index (χ1n) is 5.23. The van der Waals surface area contributed by atoms with E-state index in [0.717, 1.165) is 12.2 Å². The maximum Gasteiger partial charge on any atom is 0.122 e. The van der Waals surface area contributed by atoms with E-state index in [1.165, 1.54) is 0 Å². The lowest BCUT2D eigenvalue weighted by molar-refractivity contribution is 0.135. The Labute approximate surface area is 95.9 Å². The smallest absolute Gasteiger partial charge is 0.122 e. The summed E-state index contributed by atoms with van der Waals surface area (Å²) in [7, 11) is 1.67. The van der Waals surface area contributed by atoms with Crippen molar-refractivity contribution in [2.75, 3.05) is 13.7 Å². The van der Waals surface area contributed by atoms with Gasteiger partial charge in [0.25, 0.3) is 0 Å². The van der Waals surface area contributed by atoms with Crippen molar-refractivity contribution in [2.45, 2.75) is 19.4 Å². The van der Waals surface area contributed by atoms with Gasteiger partial charge in [-0.05, 0) is 19.1 Å². The number of rotatable bonds is 6. The number of nitrogens with one attached hydrogen (secondary N) is 1. The molecule has 1 unspecified atom stereocenters. The van der Waals surface area contributed by atoms with Crippen molar-refractivity contribution in [1.82, 2.24) is 0 Å². The third-order valence-corrected chi connectivity index (χ3v) is 2.21. The molecule has 0 aliphatic carbocycles. The third-order valence-electron chi connectivity index (χ3n) is 2.21. The molecule has 16 heavy (non-hydrogen) atoms. The monoisotopic (exact) mass is 222 g/mol. The van der Waals surface area contributed by atoms with Crippen molar-refractivity contribution in [3.63, 3.8) is 0 Å². The molecule has 0 saturated heterocycles. The first-order chi connectivity index (χ1) is 7.63. The highest BCUT2D eigenvalue weighted by atomic mass is 16.5. The zero-order valence-corrected chi connectivity index (χ0v) is 9.69. The van der Waals surface area contributed by atoms with Crippen LogP contribution in [0.5, 0.6) is 5.75 Å². The van der Waals surface area contributed by atoms with Gasteiger partial charge >= 0.3 is 0 Å². The van der Waals surface area contributed by atoms with E-state index < -0.39 is 0 Å². The van der Waals surface area contributed by atoms with Gasteiger partial charge in [-0.15, -0.1) is 0 Å². The Hall–Kier alpha value is -1.55. The average molecular weight is 222 g/mol. The van der Waals surface area contributed by atoms with Crippen LogP contribution >= 0.6 is 0 Å². The molecular weight excluding hydrogens is 204 g/mol. The molecule has 0 aromatic heterocycles. The summed E-state index contributed by atoms with van der Waals surface area (Å²) >= 11 is 0. The Bertz CT molecular complexity index is 353. The van der Waals surface area contributed by atoms with E-state index in [1.54, 1.807) is 19.2 Å². The average Bonchev–Trinajstić information content (AvgIpc) is 2.26. The van der Waals surface area contributed by atoms with E-state index in [2.05, 4.69) is 0 Å². The summed E-state index contributed by atoms with van der Waals surface area (Å²) in [6.45, 7) is 2.66. The number of methoxy groups -OCH3 is 1. The van der Waals surface area contributed by atoms with Crippen LogP contribution in [0.4, 0.5) is 0 Å². The lowest BCUT2D eigenvalue weighted by atomic mass is 10.2. The molecule has 0 amide bonds. The fourth-order valence-corrected chi connectivity index (χ4v) is 1.31. The summed E-state index contributed by atoms with van der Waals surface area (Å²) in [4.78, 5) is 0. The Balaban J connectivity index is 2.59. The van der Waals surface area contributed by atoms with Gasteiger partial charge in [-0.25, -0.2) is 0 Å². The first-order valence-corrected chi connectivity index (χ1v) is 5.23. The molecule has 1 aromatic carbocycles. The zero-order valence-electron chi connectivity index (χ0n) is 9.69. The molecule has 0 aliphatic rings. The van der Waals surface area contributed by atoms with Crippen molar-refractivity contribution in [1.29, 1.82) is 5.41 Å². The number of nitrogens with two attached hydrogens (primary N) is 1. The minimum Gasteiger partial charge on any atom is -0.491 e. The van der Waals surface area contributed by atoms with E-state index in [-0.39, 0.29) is 11.9 Å². The Kier molecular flexibility index (Phi) is 4.79. The van der Waals surface area contributed by atoms with Crippen LogP contribution in [0, 0.1) is 5.41 Å². The highest BCUT2D eigenvalue weighted by Crippen LogP contribution is 2.15. The van der Waals surface area contributed by atoms with E-state index in [0.29, 0.717) is 12.2 Å². The second kappa shape index (κ2) is 6.12. The largest absolute Gasteiger partial charge is 0.491 e. The maximum absolute atomic E-state index is 7.33. The first kappa shape index (κ1) is 12.5. The van der Waals surface area contributed by atoms with Crippen LogP contribution in [0.25, 0.3) is 0 Å². The SMILES string of the molecule is COCCC(C)Oc1cccc(C(=N)N)c1. The van der Waals surface area contributed by atoms with Crippen molar-refractivity contribution in [3.05, 3.63) is 29.8 Å². The lowest BCUT2D eigenvalue weighted by Crippen LogP contribution is -2.15. The Morgan fingerprint density at radius 1 is 1.50 bits per heavy atom. The molecule has 1 aromatic rings. The maximum atomic E-state index is 7.33. The highest BCUT2D eigenvalue weighted by molar-refractivity contribution is 5.95. The molecule has 3 N–H and O–H groups in total. The molecule has 0 fully saturated rings. The van der Waals surface area contributed by atoms with Gasteiger partial charge in [0.15, 0.2) is 0 Å². The Morgan fingerprint density at radius 2 is 2.25 bits per heavy atom. The van der Waals surface area contributed by atoms with Gasteiger partial charge in [-0.3, -0.25) is 5.41 Å². The molecule has 4 nitrogen and oxygen atoms in total. The summed E-state index contributed by atoms with van der Waals surface area (Å²) in [6.07, 6.45) is 0.919. The molecule has 0 bridgehead atoms. The third kappa shape index (κ3) is 3.90. The molecule has 0 heterocycles. The minimum atomic E-state index is 0.0509. The van der Waals surface area contributed by atoms with Crippen LogP contribution in [0.2, 0.25) is 0 Å². The molecule has 1 atom stereocenters. The van der Waals surface area contributed by atoms with E-state index in [1.807, 2.05) is 19.1 Å². The van der Waals surface area contributed by atoms with Crippen LogP contribution in [0.15, 0.2) is 24.3 Å². The topological polar surface area (TPSA) is 68.3 Å². The van der Waals surface area contributed by atoms with Crippen molar-refractivity contribution in [2.24, 2.45) is 5.73 Å². The number of nitrogen functional groups attached to an aromatic ring is 1. The molecular formula is C12H18N2O2. The van der Waals surface area contributed by atoms with E-state index >= 15 is 0 Å². The van der Waals surface area contributed by atoms with Gasteiger partial charge < -0.3 is 15.2 Å². The van der Waals surface area contributed by atoms with Crippen molar-refractivity contribution < 1.29 is 9.47 Å². The highest BCUT2D eigenvalue weighted by Gasteiger charge is 2.05. The predicted octanol–water partition coefficient (Wildman–Crippen LogP) is 1.77. The quantitative estimate of drug-likeness (QED) is 0.569. The van der Waals surface area contributed by atoms with Crippen LogP contribution in [0.1, 0.15) is 18.9 Å². The van der Waals surface area contributed by atoms with E-state index in [4.69, 9.17) is 20.6 Å². The number of ether oxygens (including phenoxy) is 2. The number of hydrogen-bond donors (Lipinski definition) is 2. The van der Waals surface area contributed by atoms with Crippen LogP contribution < -0.4 is 10.5 Å². The molecule has 0 radical (unpaired) electrons. The van der Waals surface area contributed by atoms with E-state index in [9.17, 15) is 0 Å². The standard InChI is InChI=1S/C12H18N2O2/c1-9(6-7-15-2)16-11-5-3-4-10(8-11)12(13)14/h3-5,8-9H,6-7H2,1-2H3,(H3,13,14). The van der Waals surface area contributed by atoms with Gasteiger partial charge in [0, 0.05) is 25.7 Å². The minimum absolute atomic E-state index is 0.0509. The summed E-state index contributed by atoms with van der Waals surface area (Å²) in [5.74, 6) is 0.784. The molecule has 0 aliphatic heterocycles. The summed E-state index contributed by atoms with van der Waals surface area (Å²) in [5.41, 5.74) is 6.08. The molecule has 4 heteroatoms.